The number of rotatable bonds is 8. The third-order valence-corrected chi connectivity index (χ3v) is 5.41. The fraction of sp³-hybridized carbons (Fsp3) is 0.130. The van der Waals surface area contributed by atoms with Crippen molar-refractivity contribution in [3.05, 3.63) is 77.1 Å². The van der Waals surface area contributed by atoms with Gasteiger partial charge in [-0.2, -0.15) is 0 Å². The van der Waals surface area contributed by atoms with Gasteiger partial charge in [-0.3, -0.25) is 0 Å². The molecule has 4 aromatic rings. The lowest BCUT2D eigenvalue weighted by Gasteiger charge is -2.26. The lowest BCUT2D eigenvalue weighted by Crippen LogP contribution is -2.18. The summed E-state index contributed by atoms with van der Waals surface area (Å²) in [5.74, 6) is 0.201. The summed E-state index contributed by atoms with van der Waals surface area (Å²) in [5, 5.41) is 9.09. The van der Waals surface area contributed by atoms with E-state index in [1.54, 1.807) is 23.1 Å². The Bertz CT molecular complexity index is 1340. The molecular weight excluding hydrogens is 470 g/mol. The Morgan fingerprint density at radius 1 is 0.971 bits per heavy atom. The van der Waals surface area contributed by atoms with Crippen molar-refractivity contribution in [2.24, 2.45) is 0 Å². The van der Waals surface area contributed by atoms with Gasteiger partial charge in [-0.15, -0.1) is 4.99 Å². The topological polar surface area (TPSA) is 89.0 Å². The number of halogens is 3. The van der Waals surface area contributed by atoms with Crippen molar-refractivity contribution >= 4 is 39.7 Å². The molecule has 0 aliphatic carbocycles. The second-order valence-electron chi connectivity index (χ2n) is 7.11. The van der Waals surface area contributed by atoms with Crippen molar-refractivity contribution in [2.75, 3.05) is 24.6 Å². The van der Waals surface area contributed by atoms with Crippen LogP contribution in [0.15, 0.2) is 54.9 Å². The van der Waals surface area contributed by atoms with Crippen molar-refractivity contribution < 1.29 is 28.5 Å². The van der Waals surface area contributed by atoms with Gasteiger partial charge in [-0.05, 0) is 42.0 Å². The maximum atomic E-state index is 14.3. The molecule has 0 unspecified atom stereocenters. The van der Waals surface area contributed by atoms with E-state index in [1.807, 2.05) is 6.07 Å². The molecule has 2 N–H and O–H groups in total. The summed E-state index contributed by atoms with van der Waals surface area (Å²) in [4.78, 5) is 14.2. The van der Waals surface area contributed by atoms with Crippen LogP contribution in [0.2, 0.25) is 5.02 Å². The zero-order chi connectivity index (χ0) is 24.2. The highest BCUT2D eigenvalue weighted by molar-refractivity contribution is 6.31. The number of anilines is 3. The molecule has 0 aliphatic rings. The summed E-state index contributed by atoms with van der Waals surface area (Å²) in [6.07, 6.45) is 1.29. The summed E-state index contributed by atoms with van der Waals surface area (Å²) < 4.78 is 39.0. The van der Waals surface area contributed by atoms with Gasteiger partial charge in [0.2, 0.25) is 0 Å². The molecule has 8 nitrogen and oxygen atoms in total. The molecule has 0 aliphatic heterocycles. The average Bonchev–Trinajstić information content (AvgIpc) is 2.84. The van der Waals surface area contributed by atoms with Crippen molar-refractivity contribution in [3.8, 4) is 11.5 Å². The van der Waals surface area contributed by atoms with Gasteiger partial charge in [0.1, 0.15) is 23.6 Å². The first-order chi connectivity index (χ1) is 16.4. The van der Waals surface area contributed by atoms with E-state index < -0.39 is 11.6 Å². The number of ether oxygens (including phenoxy) is 2. The number of hydrogen-bond donors (Lipinski definition) is 2. The maximum absolute atomic E-state index is 14.3. The molecule has 0 spiro atoms. The molecule has 0 radical (unpaired) electrons. The predicted octanol–water partition coefficient (Wildman–Crippen LogP) is 5.73. The lowest BCUT2D eigenvalue weighted by molar-refractivity contribution is -0.215. The molecule has 11 heteroatoms. The van der Waals surface area contributed by atoms with E-state index in [1.165, 1.54) is 44.8 Å². The van der Waals surface area contributed by atoms with Crippen LogP contribution in [-0.2, 0) is 11.5 Å². The average molecular weight is 489 g/mol. The first-order valence-corrected chi connectivity index (χ1v) is 10.3. The minimum Gasteiger partial charge on any atom is -0.493 e. The first kappa shape index (κ1) is 23.4. The molecule has 3 aromatic carbocycles. The van der Waals surface area contributed by atoms with Crippen LogP contribution in [0.3, 0.4) is 0 Å². The predicted molar refractivity (Wildman–Crippen MR) is 124 cm³/mol. The molecule has 0 amide bonds. The molecule has 0 bridgehead atoms. The van der Waals surface area contributed by atoms with Crippen molar-refractivity contribution in [2.45, 2.75) is 6.54 Å². The highest BCUT2D eigenvalue weighted by atomic mass is 35.5. The summed E-state index contributed by atoms with van der Waals surface area (Å²) in [7, 11) is 3.07. The Kier molecular flexibility index (Phi) is 6.92. The van der Waals surface area contributed by atoms with Gasteiger partial charge >= 0.3 is 0 Å². The number of fused-ring (bicyclic) bond motifs is 1. The first-order valence-electron chi connectivity index (χ1n) is 9.89. The second kappa shape index (κ2) is 10.0. The Morgan fingerprint density at radius 3 is 2.47 bits per heavy atom. The fourth-order valence-electron chi connectivity index (χ4n) is 3.51. The van der Waals surface area contributed by atoms with Crippen LogP contribution < -0.4 is 19.9 Å². The molecular formula is C23H19ClF2N4O4. The largest absolute Gasteiger partial charge is 0.493 e. The molecule has 0 saturated heterocycles. The number of benzene rings is 3. The zero-order valence-electron chi connectivity index (χ0n) is 18.1. The van der Waals surface area contributed by atoms with Crippen LogP contribution >= 0.6 is 11.6 Å². The minimum absolute atomic E-state index is 0.0738. The van der Waals surface area contributed by atoms with Crippen molar-refractivity contribution in [1.82, 2.24) is 9.97 Å². The third kappa shape index (κ3) is 4.65. The summed E-state index contributed by atoms with van der Waals surface area (Å²) in [6, 6.07) is 12.2. The monoisotopic (exact) mass is 488 g/mol. The van der Waals surface area contributed by atoms with Gasteiger partial charge in [0.25, 0.3) is 0 Å². The Hall–Kier alpha value is -3.73. The van der Waals surface area contributed by atoms with Gasteiger partial charge in [0.05, 0.1) is 24.8 Å². The number of hydrogen-bond acceptors (Lipinski definition) is 8. The molecule has 0 saturated carbocycles. The van der Waals surface area contributed by atoms with Gasteiger partial charge in [-0.1, -0.05) is 17.7 Å². The molecule has 34 heavy (non-hydrogen) atoms. The van der Waals surface area contributed by atoms with Crippen molar-refractivity contribution in [3.63, 3.8) is 0 Å². The van der Waals surface area contributed by atoms with E-state index in [9.17, 15) is 8.78 Å². The van der Waals surface area contributed by atoms with Crippen LogP contribution in [0.1, 0.15) is 5.56 Å². The van der Waals surface area contributed by atoms with Crippen LogP contribution in [0, 0.1) is 11.6 Å². The molecule has 0 fully saturated rings. The van der Waals surface area contributed by atoms with E-state index in [0.29, 0.717) is 33.9 Å². The van der Waals surface area contributed by atoms with Crippen LogP contribution in [0.25, 0.3) is 10.9 Å². The number of aromatic nitrogens is 2. The van der Waals surface area contributed by atoms with Crippen molar-refractivity contribution in [1.29, 1.82) is 0 Å². The van der Waals surface area contributed by atoms with E-state index in [4.69, 9.17) is 26.3 Å². The number of nitrogens with zero attached hydrogens (tertiary/aromatic N) is 3. The zero-order valence-corrected chi connectivity index (χ0v) is 18.8. The quantitative estimate of drug-likeness (QED) is 0.240. The highest BCUT2D eigenvalue weighted by Gasteiger charge is 2.19. The highest BCUT2D eigenvalue weighted by Crippen LogP contribution is 2.36. The van der Waals surface area contributed by atoms with E-state index >= 15 is 0 Å². The van der Waals surface area contributed by atoms with Crippen LogP contribution in [0.5, 0.6) is 11.5 Å². The number of methoxy groups -OCH3 is 2. The third-order valence-electron chi connectivity index (χ3n) is 5.12. The minimum atomic E-state index is -0.692. The van der Waals surface area contributed by atoms with Gasteiger partial charge < -0.3 is 14.4 Å². The number of nitrogens with one attached hydrogen (secondary N) is 1. The molecule has 4 rings (SSSR count). The molecule has 1 heterocycles. The molecule has 0 atom stereocenters. The Labute approximate surface area is 198 Å². The SMILES string of the molecule is COc1ccc(CN(c2ccc(F)c(Cl)c2)c2ncnc3cc(F)c(NOO)cc23)cc1OC. The van der Waals surface area contributed by atoms with Crippen LogP contribution in [0.4, 0.5) is 26.0 Å². The van der Waals surface area contributed by atoms with Gasteiger partial charge in [0.15, 0.2) is 17.3 Å². The fourth-order valence-corrected chi connectivity index (χ4v) is 3.68. The van der Waals surface area contributed by atoms with Gasteiger partial charge in [-0.25, -0.2) is 29.5 Å². The smallest absolute Gasteiger partial charge is 0.161 e. The van der Waals surface area contributed by atoms with Gasteiger partial charge in [0, 0.05) is 23.7 Å². The summed E-state index contributed by atoms with van der Waals surface area (Å²) in [5.41, 5.74) is 3.58. The Balaban J connectivity index is 1.89. The summed E-state index contributed by atoms with van der Waals surface area (Å²) >= 11 is 6.07. The normalized spacial score (nSPS) is 10.9. The molecule has 176 valence electrons. The lowest BCUT2D eigenvalue weighted by atomic mass is 10.1. The standard InChI is InChI=1S/C23H19ClF2N4O4/c1-32-21-6-3-13(7-22(21)33-2)11-30(14-4-5-17(25)16(24)8-14)23-15-9-20(29-34-31)18(26)10-19(15)27-12-28-23/h3-10,12,29,31H,11H2,1-2H3. The van der Waals surface area contributed by atoms with E-state index in [2.05, 4.69) is 20.4 Å². The molecule has 1 aromatic heterocycles. The van der Waals surface area contributed by atoms with Crippen LogP contribution in [-0.4, -0.2) is 29.4 Å². The van der Waals surface area contributed by atoms with E-state index in [-0.39, 0.29) is 17.3 Å². The van der Waals surface area contributed by atoms with E-state index in [0.717, 1.165) is 5.56 Å². The maximum Gasteiger partial charge on any atom is 0.161 e. The summed E-state index contributed by atoms with van der Waals surface area (Å²) in [6.45, 7) is 0.255. The second-order valence-corrected chi connectivity index (χ2v) is 7.52. The Morgan fingerprint density at radius 2 is 1.76 bits per heavy atom.